The summed E-state index contributed by atoms with van der Waals surface area (Å²) in [5.74, 6) is 0. The van der Waals surface area contributed by atoms with Crippen molar-refractivity contribution in [1.29, 1.82) is 5.26 Å². The molecule has 2 nitrogen and oxygen atoms in total. The van der Waals surface area contributed by atoms with Crippen molar-refractivity contribution >= 4 is 0 Å². The molecule has 0 N–H and O–H groups in total. The van der Waals surface area contributed by atoms with Crippen LogP contribution in [0, 0.1) is 11.3 Å². The van der Waals surface area contributed by atoms with E-state index in [2.05, 4.69) is 65.6 Å². The minimum absolute atomic E-state index is 0.394. The van der Waals surface area contributed by atoms with Gasteiger partial charge in [-0.25, -0.2) is 0 Å². The third-order valence-electron chi connectivity index (χ3n) is 5.53. The highest BCUT2D eigenvalue weighted by molar-refractivity contribution is 5.33. The number of nitrogens with zero attached hydrogens (tertiary/aromatic N) is 2. The standard InChI is InChI=1S/C23H28N2/c24-20-23(22-12-6-2-7-13-22,15-14-21-10-4-1-5-11-21)16-19-25-17-8-3-9-18-25/h1-2,4-7,10-13H,3,8-9,14-19H2. The zero-order valence-electron chi connectivity index (χ0n) is 15.0. The normalized spacial score (nSPS) is 17.6. The molecule has 1 unspecified atom stereocenters. The maximum Gasteiger partial charge on any atom is 0.0837 e. The maximum absolute atomic E-state index is 10.2. The lowest BCUT2D eigenvalue weighted by atomic mass is 9.74. The van der Waals surface area contributed by atoms with E-state index >= 15 is 0 Å². The molecule has 3 rings (SSSR count). The molecule has 0 amide bonds. The molecule has 1 aliphatic heterocycles. The van der Waals surface area contributed by atoms with Crippen molar-refractivity contribution in [3.8, 4) is 6.07 Å². The molecular formula is C23H28N2. The molecule has 1 fully saturated rings. The van der Waals surface area contributed by atoms with Crippen LogP contribution in [0.3, 0.4) is 0 Å². The number of nitriles is 1. The van der Waals surface area contributed by atoms with Crippen molar-refractivity contribution in [1.82, 2.24) is 4.90 Å². The van der Waals surface area contributed by atoms with Crippen LogP contribution in [0.25, 0.3) is 0 Å². The SMILES string of the molecule is N#CC(CCc1ccccc1)(CCN1CCCCC1)c1ccccc1. The average molecular weight is 332 g/mol. The van der Waals surface area contributed by atoms with Crippen molar-refractivity contribution in [3.05, 3.63) is 71.8 Å². The molecule has 0 saturated carbocycles. The summed E-state index contributed by atoms with van der Waals surface area (Å²) in [5, 5.41) is 10.2. The smallest absolute Gasteiger partial charge is 0.0837 e. The summed E-state index contributed by atoms with van der Waals surface area (Å²) in [5.41, 5.74) is 2.09. The summed E-state index contributed by atoms with van der Waals surface area (Å²) in [6.07, 6.45) is 6.70. The zero-order valence-corrected chi connectivity index (χ0v) is 15.0. The number of piperidine rings is 1. The Kier molecular flexibility index (Phi) is 6.25. The van der Waals surface area contributed by atoms with Gasteiger partial charge in [-0.3, -0.25) is 0 Å². The molecule has 0 radical (unpaired) electrons. The Balaban J connectivity index is 1.75. The number of likely N-dealkylation sites (tertiary alicyclic amines) is 1. The summed E-state index contributed by atoms with van der Waals surface area (Å²) < 4.78 is 0. The largest absolute Gasteiger partial charge is 0.303 e. The van der Waals surface area contributed by atoms with Crippen LogP contribution in [-0.2, 0) is 11.8 Å². The molecule has 1 aliphatic rings. The second-order valence-corrected chi connectivity index (χ2v) is 7.20. The van der Waals surface area contributed by atoms with Crippen LogP contribution >= 0.6 is 0 Å². The van der Waals surface area contributed by atoms with Gasteiger partial charge >= 0.3 is 0 Å². The van der Waals surface area contributed by atoms with Crippen LogP contribution in [0.2, 0.25) is 0 Å². The molecule has 2 heteroatoms. The van der Waals surface area contributed by atoms with Gasteiger partial charge in [-0.1, -0.05) is 67.1 Å². The van der Waals surface area contributed by atoms with E-state index in [0.29, 0.717) is 0 Å². The van der Waals surface area contributed by atoms with Gasteiger partial charge in [-0.2, -0.15) is 5.26 Å². The van der Waals surface area contributed by atoms with Gasteiger partial charge in [0.25, 0.3) is 0 Å². The fourth-order valence-electron chi connectivity index (χ4n) is 3.88. The highest BCUT2D eigenvalue weighted by atomic mass is 15.1. The molecule has 0 aromatic heterocycles. The van der Waals surface area contributed by atoms with Crippen LogP contribution < -0.4 is 0 Å². The van der Waals surface area contributed by atoms with Gasteiger partial charge in [0, 0.05) is 0 Å². The Morgan fingerprint density at radius 1 is 0.840 bits per heavy atom. The highest BCUT2D eigenvalue weighted by Gasteiger charge is 2.32. The van der Waals surface area contributed by atoms with Gasteiger partial charge in [-0.05, 0) is 62.9 Å². The van der Waals surface area contributed by atoms with E-state index in [1.165, 1.54) is 43.5 Å². The molecule has 1 saturated heterocycles. The van der Waals surface area contributed by atoms with E-state index in [0.717, 1.165) is 25.8 Å². The maximum atomic E-state index is 10.2. The van der Waals surface area contributed by atoms with E-state index in [-0.39, 0.29) is 0 Å². The molecule has 25 heavy (non-hydrogen) atoms. The Labute approximate surface area is 152 Å². The molecule has 1 heterocycles. The molecule has 2 aromatic carbocycles. The summed E-state index contributed by atoms with van der Waals surface area (Å²) >= 11 is 0. The molecule has 2 aromatic rings. The van der Waals surface area contributed by atoms with Crippen LogP contribution in [0.1, 0.15) is 43.2 Å². The zero-order chi connectivity index (χ0) is 17.4. The first kappa shape index (κ1) is 17.7. The van der Waals surface area contributed by atoms with Gasteiger partial charge in [0.05, 0.1) is 11.5 Å². The number of hydrogen-bond donors (Lipinski definition) is 0. The van der Waals surface area contributed by atoms with Crippen LogP contribution in [0.15, 0.2) is 60.7 Å². The second-order valence-electron chi connectivity index (χ2n) is 7.20. The lowest BCUT2D eigenvalue weighted by molar-refractivity contribution is 0.211. The fraction of sp³-hybridized carbons (Fsp3) is 0.435. The number of rotatable bonds is 7. The average Bonchev–Trinajstić information content (AvgIpc) is 2.71. The number of benzene rings is 2. The molecule has 0 bridgehead atoms. The first-order valence-electron chi connectivity index (χ1n) is 9.55. The van der Waals surface area contributed by atoms with Crippen LogP contribution in [0.5, 0.6) is 0 Å². The van der Waals surface area contributed by atoms with Crippen molar-refractivity contribution < 1.29 is 0 Å². The number of hydrogen-bond acceptors (Lipinski definition) is 2. The monoisotopic (exact) mass is 332 g/mol. The quantitative estimate of drug-likeness (QED) is 0.717. The van der Waals surface area contributed by atoms with E-state index in [4.69, 9.17) is 0 Å². The topological polar surface area (TPSA) is 27.0 Å². The van der Waals surface area contributed by atoms with Crippen LogP contribution in [-0.4, -0.2) is 24.5 Å². The highest BCUT2D eigenvalue weighted by Crippen LogP contribution is 2.33. The van der Waals surface area contributed by atoms with Gasteiger partial charge < -0.3 is 4.90 Å². The van der Waals surface area contributed by atoms with E-state index in [1.54, 1.807) is 0 Å². The van der Waals surface area contributed by atoms with Gasteiger partial charge in [0.2, 0.25) is 0 Å². The first-order chi connectivity index (χ1) is 12.3. The van der Waals surface area contributed by atoms with E-state index in [1.807, 2.05) is 6.07 Å². The minimum atomic E-state index is -0.394. The molecule has 0 spiro atoms. The summed E-state index contributed by atoms with van der Waals surface area (Å²) in [7, 11) is 0. The van der Waals surface area contributed by atoms with Gasteiger partial charge in [-0.15, -0.1) is 0 Å². The second kappa shape index (κ2) is 8.83. The summed E-state index contributed by atoms with van der Waals surface area (Å²) in [6, 6.07) is 23.7. The third-order valence-corrected chi connectivity index (χ3v) is 5.53. The summed E-state index contributed by atoms with van der Waals surface area (Å²) in [4.78, 5) is 2.54. The Morgan fingerprint density at radius 3 is 2.12 bits per heavy atom. The fourth-order valence-corrected chi connectivity index (χ4v) is 3.88. The van der Waals surface area contributed by atoms with E-state index in [9.17, 15) is 5.26 Å². The Bertz CT molecular complexity index is 668. The van der Waals surface area contributed by atoms with Crippen molar-refractivity contribution in [2.45, 2.75) is 43.9 Å². The predicted octanol–water partition coefficient (Wildman–Crippen LogP) is 4.96. The Hall–Kier alpha value is -2.11. The Morgan fingerprint density at radius 2 is 1.48 bits per heavy atom. The molecule has 1 atom stereocenters. The van der Waals surface area contributed by atoms with Gasteiger partial charge in [0.15, 0.2) is 0 Å². The third kappa shape index (κ3) is 4.71. The first-order valence-corrected chi connectivity index (χ1v) is 9.55. The van der Waals surface area contributed by atoms with Crippen molar-refractivity contribution in [3.63, 3.8) is 0 Å². The minimum Gasteiger partial charge on any atom is -0.303 e. The van der Waals surface area contributed by atoms with Crippen molar-refractivity contribution in [2.24, 2.45) is 0 Å². The molecule has 0 aliphatic carbocycles. The predicted molar refractivity (Wildman–Crippen MR) is 103 cm³/mol. The molecular weight excluding hydrogens is 304 g/mol. The van der Waals surface area contributed by atoms with E-state index < -0.39 is 5.41 Å². The number of aryl methyl sites for hydroxylation is 1. The van der Waals surface area contributed by atoms with Crippen LogP contribution in [0.4, 0.5) is 0 Å². The summed E-state index contributed by atoms with van der Waals surface area (Å²) in [6.45, 7) is 3.40. The lowest BCUT2D eigenvalue weighted by Crippen LogP contribution is -2.36. The molecule has 130 valence electrons. The lowest BCUT2D eigenvalue weighted by Gasteiger charge is -2.32. The van der Waals surface area contributed by atoms with Crippen molar-refractivity contribution in [2.75, 3.05) is 19.6 Å². The van der Waals surface area contributed by atoms with Gasteiger partial charge in [0.1, 0.15) is 0 Å².